The van der Waals surface area contributed by atoms with Crippen LogP contribution >= 0.6 is 0 Å². The number of aryl methyl sites for hydroxylation is 1. The van der Waals surface area contributed by atoms with E-state index in [2.05, 4.69) is 15.0 Å². The Morgan fingerprint density at radius 1 is 1.45 bits per heavy atom. The molecule has 10 heteroatoms. The highest BCUT2D eigenvalue weighted by Crippen LogP contribution is 2.04. The van der Waals surface area contributed by atoms with Crippen LogP contribution in [0, 0.1) is 0 Å². The average Bonchev–Trinajstić information content (AvgIpc) is 2.88. The number of hydrogen-bond acceptors (Lipinski definition) is 5. The summed E-state index contributed by atoms with van der Waals surface area (Å²) in [5.74, 6) is -1.85. The number of imidazole rings is 1. The third-order valence-electron chi connectivity index (χ3n) is 2.86. The van der Waals surface area contributed by atoms with Crippen molar-refractivity contribution in [2.45, 2.75) is 37.3 Å². The van der Waals surface area contributed by atoms with E-state index in [1.54, 1.807) is 7.05 Å². The van der Waals surface area contributed by atoms with Gasteiger partial charge in [-0.2, -0.15) is 0 Å². The molecule has 1 heterocycles. The number of rotatable bonds is 9. The van der Waals surface area contributed by atoms with Crippen molar-refractivity contribution in [3.05, 3.63) is 12.5 Å². The average molecular weight is 332 g/mol. The van der Waals surface area contributed by atoms with Crippen LogP contribution in [-0.2, 0) is 26.7 Å². The summed E-state index contributed by atoms with van der Waals surface area (Å²) in [7, 11) is -2.28. The maximum Gasteiger partial charge on any atom is 0.326 e. The van der Waals surface area contributed by atoms with Gasteiger partial charge in [-0.15, -0.1) is 0 Å². The van der Waals surface area contributed by atoms with Gasteiger partial charge in [0, 0.05) is 13.2 Å². The predicted molar refractivity (Wildman–Crippen MR) is 77.5 cm³/mol. The van der Waals surface area contributed by atoms with Crippen molar-refractivity contribution < 1.29 is 23.1 Å². The van der Waals surface area contributed by atoms with E-state index < -0.39 is 34.5 Å². The van der Waals surface area contributed by atoms with E-state index in [-0.39, 0.29) is 5.03 Å². The number of nitrogens with one attached hydrogen (secondary N) is 2. The standard InChI is InChI=1S/C12H20N4O5S/c1-3-4-5-9(12(18)19)15-10(17)6-14-22(20,21)11-7-16(2)8-13-11/h7-9,14H,3-6H2,1-2H3,(H,15,17)(H,18,19)/t9-/m0/s1. The molecule has 3 N–H and O–H groups in total. The van der Waals surface area contributed by atoms with Crippen LogP contribution in [0.1, 0.15) is 26.2 Å². The van der Waals surface area contributed by atoms with Gasteiger partial charge >= 0.3 is 5.97 Å². The monoisotopic (exact) mass is 332 g/mol. The number of nitrogens with zero attached hydrogens (tertiary/aromatic N) is 2. The highest BCUT2D eigenvalue weighted by Gasteiger charge is 2.22. The van der Waals surface area contributed by atoms with Gasteiger partial charge in [-0.05, 0) is 6.42 Å². The number of unbranched alkanes of at least 4 members (excludes halogenated alkanes) is 1. The molecule has 22 heavy (non-hydrogen) atoms. The van der Waals surface area contributed by atoms with E-state index in [0.29, 0.717) is 12.8 Å². The molecule has 124 valence electrons. The van der Waals surface area contributed by atoms with Crippen molar-refractivity contribution in [2.75, 3.05) is 6.54 Å². The summed E-state index contributed by atoms with van der Waals surface area (Å²) in [5, 5.41) is 11.1. The van der Waals surface area contributed by atoms with Gasteiger partial charge in [0.2, 0.25) is 5.91 Å². The molecule has 0 saturated carbocycles. The molecule has 0 spiro atoms. The third kappa shape index (κ3) is 5.45. The Hall–Kier alpha value is -1.94. The first-order chi connectivity index (χ1) is 10.3. The fourth-order valence-electron chi connectivity index (χ4n) is 1.67. The van der Waals surface area contributed by atoms with Crippen LogP contribution in [0.2, 0.25) is 0 Å². The minimum Gasteiger partial charge on any atom is -0.480 e. The molecule has 0 aliphatic rings. The predicted octanol–water partition coefficient (Wildman–Crippen LogP) is -0.542. The minimum atomic E-state index is -3.90. The molecule has 0 unspecified atom stereocenters. The highest BCUT2D eigenvalue weighted by molar-refractivity contribution is 7.89. The Morgan fingerprint density at radius 2 is 2.14 bits per heavy atom. The van der Waals surface area contributed by atoms with E-state index in [1.807, 2.05) is 6.92 Å². The largest absolute Gasteiger partial charge is 0.480 e. The Labute approximate surface area is 128 Å². The minimum absolute atomic E-state index is 0.205. The molecule has 0 fully saturated rings. The second-order valence-electron chi connectivity index (χ2n) is 4.80. The number of carbonyl (C=O) groups is 2. The van der Waals surface area contributed by atoms with Gasteiger partial charge in [0.1, 0.15) is 6.04 Å². The molecule has 0 saturated heterocycles. The number of carboxylic acids is 1. The Morgan fingerprint density at radius 3 is 2.64 bits per heavy atom. The molecule has 0 aromatic carbocycles. The molecule has 1 aromatic heterocycles. The van der Waals surface area contributed by atoms with Crippen molar-refractivity contribution in [1.82, 2.24) is 19.6 Å². The zero-order valence-electron chi connectivity index (χ0n) is 12.4. The number of carbonyl (C=O) groups excluding carboxylic acids is 1. The lowest BCUT2D eigenvalue weighted by atomic mass is 10.1. The van der Waals surface area contributed by atoms with Gasteiger partial charge in [0.15, 0.2) is 5.03 Å². The quantitative estimate of drug-likeness (QED) is 0.556. The summed E-state index contributed by atoms with van der Waals surface area (Å²) < 4.78 is 27.3. The van der Waals surface area contributed by atoms with E-state index >= 15 is 0 Å². The molecule has 1 amide bonds. The number of sulfonamides is 1. The first-order valence-corrected chi connectivity index (χ1v) is 8.24. The maximum absolute atomic E-state index is 11.9. The summed E-state index contributed by atoms with van der Waals surface area (Å²) in [6, 6.07) is -1.02. The number of hydrogen-bond donors (Lipinski definition) is 3. The van der Waals surface area contributed by atoms with Gasteiger partial charge in [-0.1, -0.05) is 19.8 Å². The highest BCUT2D eigenvalue weighted by atomic mass is 32.2. The van der Waals surface area contributed by atoms with Crippen LogP contribution in [0.15, 0.2) is 17.6 Å². The van der Waals surface area contributed by atoms with Crippen LogP contribution in [0.3, 0.4) is 0 Å². The van der Waals surface area contributed by atoms with Crippen LogP contribution in [0.5, 0.6) is 0 Å². The summed E-state index contributed by atoms with van der Waals surface area (Å²) in [4.78, 5) is 26.4. The molecule has 0 aliphatic carbocycles. The second-order valence-corrected chi connectivity index (χ2v) is 6.52. The molecule has 0 bridgehead atoms. The normalized spacial score (nSPS) is 12.8. The molecule has 1 rings (SSSR count). The molecular weight excluding hydrogens is 312 g/mol. The van der Waals surface area contributed by atoms with Gasteiger partial charge in [-0.3, -0.25) is 4.79 Å². The first kappa shape index (κ1) is 18.1. The van der Waals surface area contributed by atoms with E-state index in [9.17, 15) is 18.0 Å². The molecule has 9 nitrogen and oxygen atoms in total. The zero-order chi connectivity index (χ0) is 16.8. The van der Waals surface area contributed by atoms with Crippen LogP contribution in [-0.4, -0.2) is 47.5 Å². The lowest BCUT2D eigenvalue weighted by molar-refractivity contribution is -0.141. The van der Waals surface area contributed by atoms with E-state index in [4.69, 9.17) is 5.11 Å². The molecule has 0 aliphatic heterocycles. The van der Waals surface area contributed by atoms with Crippen molar-refractivity contribution in [2.24, 2.45) is 7.05 Å². The Kier molecular flexibility index (Phi) is 6.50. The summed E-state index contributed by atoms with van der Waals surface area (Å²) in [6.45, 7) is 1.36. The van der Waals surface area contributed by atoms with Crippen LogP contribution in [0.4, 0.5) is 0 Å². The molecule has 1 atom stereocenters. The van der Waals surface area contributed by atoms with Gasteiger partial charge in [-0.25, -0.2) is 22.9 Å². The SMILES string of the molecule is CCCC[C@H](NC(=O)CNS(=O)(=O)c1cn(C)cn1)C(=O)O. The van der Waals surface area contributed by atoms with Crippen LogP contribution < -0.4 is 10.0 Å². The summed E-state index contributed by atoms with van der Waals surface area (Å²) >= 11 is 0. The first-order valence-electron chi connectivity index (χ1n) is 6.76. The Bertz CT molecular complexity index is 625. The summed E-state index contributed by atoms with van der Waals surface area (Å²) in [6.07, 6.45) is 4.36. The van der Waals surface area contributed by atoms with Crippen molar-refractivity contribution in [3.63, 3.8) is 0 Å². The Balaban J connectivity index is 2.56. The maximum atomic E-state index is 11.9. The number of amides is 1. The lowest BCUT2D eigenvalue weighted by Gasteiger charge is -2.14. The van der Waals surface area contributed by atoms with Gasteiger partial charge in [0.05, 0.1) is 12.9 Å². The smallest absolute Gasteiger partial charge is 0.326 e. The number of aliphatic carboxylic acids is 1. The van der Waals surface area contributed by atoms with E-state index in [0.717, 1.165) is 6.42 Å². The van der Waals surface area contributed by atoms with Gasteiger partial charge in [0.25, 0.3) is 10.0 Å². The van der Waals surface area contributed by atoms with Crippen molar-refractivity contribution >= 4 is 21.9 Å². The number of carboxylic acid groups (broad SMARTS) is 1. The third-order valence-corrected chi connectivity index (χ3v) is 4.14. The van der Waals surface area contributed by atoms with E-state index in [1.165, 1.54) is 17.1 Å². The lowest BCUT2D eigenvalue weighted by Crippen LogP contribution is -2.45. The van der Waals surface area contributed by atoms with Gasteiger partial charge < -0.3 is 15.0 Å². The van der Waals surface area contributed by atoms with Crippen LogP contribution in [0.25, 0.3) is 0 Å². The zero-order valence-corrected chi connectivity index (χ0v) is 13.3. The summed E-state index contributed by atoms with van der Waals surface area (Å²) in [5.41, 5.74) is 0. The number of aromatic nitrogens is 2. The molecule has 1 aromatic rings. The van der Waals surface area contributed by atoms with Crippen molar-refractivity contribution in [1.29, 1.82) is 0 Å². The second kappa shape index (κ2) is 7.90. The molecular formula is C12H20N4O5S. The fourth-order valence-corrected chi connectivity index (χ4v) is 2.63. The molecule has 0 radical (unpaired) electrons. The topological polar surface area (TPSA) is 130 Å². The van der Waals surface area contributed by atoms with Crippen molar-refractivity contribution in [3.8, 4) is 0 Å². The fraction of sp³-hybridized carbons (Fsp3) is 0.583.